The highest BCUT2D eigenvalue weighted by Crippen LogP contribution is 2.33. The molecule has 3 fully saturated rings. The van der Waals surface area contributed by atoms with E-state index in [1.165, 1.54) is 0 Å². The Labute approximate surface area is 257 Å². The minimum absolute atomic E-state index is 0.0176. The maximum Gasteiger partial charge on any atom is 0.254 e. The summed E-state index contributed by atoms with van der Waals surface area (Å²) in [5.41, 5.74) is 0.573. The van der Waals surface area contributed by atoms with E-state index in [9.17, 15) is 14.4 Å². The third-order valence-corrected chi connectivity index (χ3v) is 9.22. The van der Waals surface area contributed by atoms with Crippen LogP contribution in [0.2, 0.25) is 0 Å². The zero-order chi connectivity index (χ0) is 30.9. The highest BCUT2D eigenvalue weighted by atomic mass is 16.5. The van der Waals surface area contributed by atoms with E-state index in [0.717, 1.165) is 64.8 Å². The van der Waals surface area contributed by atoms with Crippen molar-refractivity contribution >= 4 is 17.7 Å². The molecule has 2 heterocycles. The molecular weight excluding hydrogens is 548 g/mol. The molecule has 1 aromatic rings. The van der Waals surface area contributed by atoms with E-state index in [4.69, 9.17) is 14.2 Å². The van der Waals surface area contributed by atoms with Gasteiger partial charge in [0.2, 0.25) is 11.8 Å². The fourth-order valence-corrected chi connectivity index (χ4v) is 6.38. The minimum atomic E-state index is -0.0305. The van der Waals surface area contributed by atoms with E-state index in [0.29, 0.717) is 55.2 Å². The van der Waals surface area contributed by atoms with Crippen LogP contribution in [-0.4, -0.2) is 111 Å². The molecule has 0 spiro atoms. The average Bonchev–Trinajstić information content (AvgIpc) is 3.74. The van der Waals surface area contributed by atoms with Gasteiger partial charge in [-0.1, -0.05) is 0 Å². The van der Waals surface area contributed by atoms with Gasteiger partial charge in [-0.25, -0.2) is 0 Å². The number of ether oxygens (including phenoxy) is 3. The molecule has 1 saturated carbocycles. The second kappa shape index (κ2) is 15.7. The number of hydrogen-bond donors (Lipinski definition) is 1. The summed E-state index contributed by atoms with van der Waals surface area (Å²) in [4.78, 5) is 45.1. The molecule has 10 heteroatoms. The molecule has 10 nitrogen and oxygen atoms in total. The third-order valence-electron chi connectivity index (χ3n) is 9.22. The standard InChI is InChI=1S/C33H52N4O6/c1-23(2)36(33(40)26-7-10-30(42-5)31(18-26)43-16-6-15-41-4)21-27-19-34-20-28(27)22-37(29-8-9-29)32(39)17-25-11-13-35(14-12-25)24(3)38/h7,10,18,23,25,27-29,34H,6,8-9,11-17,19-22H2,1-5H3/t27-,28-/m0/s1. The van der Waals surface area contributed by atoms with Gasteiger partial charge in [-0.05, 0) is 75.5 Å². The minimum Gasteiger partial charge on any atom is -0.493 e. The number of rotatable bonds is 15. The summed E-state index contributed by atoms with van der Waals surface area (Å²) in [5, 5.41) is 3.54. The Bertz CT molecular complexity index is 1090. The Morgan fingerprint density at radius 1 is 0.977 bits per heavy atom. The lowest BCUT2D eigenvalue weighted by atomic mass is 9.91. The number of nitrogens with one attached hydrogen (secondary N) is 1. The summed E-state index contributed by atoms with van der Waals surface area (Å²) in [6, 6.07) is 5.74. The van der Waals surface area contributed by atoms with Gasteiger partial charge in [0.05, 0.1) is 13.7 Å². The molecule has 2 aliphatic heterocycles. The number of carbonyl (C=O) groups is 3. The normalized spacial score (nSPS) is 20.7. The van der Waals surface area contributed by atoms with E-state index >= 15 is 0 Å². The van der Waals surface area contributed by atoms with Gasteiger partial charge < -0.3 is 34.2 Å². The van der Waals surface area contributed by atoms with E-state index in [1.54, 1.807) is 39.3 Å². The first-order chi connectivity index (χ1) is 20.7. The molecule has 3 amide bonds. The predicted octanol–water partition coefficient (Wildman–Crippen LogP) is 3.44. The van der Waals surface area contributed by atoms with Crippen molar-refractivity contribution in [3.8, 4) is 11.5 Å². The van der Waals surface area contributed by atoms with E-state index in [2.05, 4.69) is 24.1 Å². The number of piperidine rings is 1. The molecule has 4 rings (SSSR count). The van der Waals surface area contributed by atoms with Crippen molar-refractivity contribution in [2.75, 3.05) is 66.7 Å². The number of benzene rings is 1. The van der Waals surface area contributed by atoms with Gasteiger partial charge in [0.25, 0.3) is 5.91 Å². The number of nitrogens with zero attached hydrogens (tertiary/aromatic N) is 3. The molecule has 2 atom stereocenters. The molecule has 0 unspecified atom stereocenters. The first kappa shape index (κ1) is 33.1. The van der Waals surface area contributed by atoms with Gasteiger partial charge in [-0.2, -0.15) is 0 Å². The molecule has 0 radical (unpaired) electrons. The Morgan fingerprint density at radius 3 is 2.28 bits per heavy atom. The Morgan fingerprint density at radius 2 is 1.67 bits per heavy atom. The van der Waals surface area contributed by atoms with Crippen molar-refractivity contribution in [1.29, 1.82) is 0 Å². The van der Waals surface area contributed by atoms with Crippen molar-refractivity contribution in [1.82, 2.24) is 20.0 Å². The number of hydrogen-bond acceptors (Lipinski definition) is 7. The fourth-order valence-electron chi connectivity index (χ4n) is 6.38. The van der Waals surface area contributed by atoms with Crippen molar-refractivity contribution in [3.05, 3.63) is 23.8 Å². The second-order valence-corrected chi connectivity index (χ2v) is 12.7. The van der Waals surface area contributed by atoms with Gasteiger partial charge in [0.1, 0.15) is 0 Å². The topological polar surface area (TPSA) is 101 Å². The highest BCUT2D eigenvalue weighted by Gasteiger charge is 2.39. The predicted molar refractivity (Wildman–Crippen MR) is 165 cm³/mol. The summed E-state index contributed by atoms with van der Waals surface area (Å²) >= 11 is 0. The van der Waals surface area contributed by atoms with Crippen LogP contribution >= 0.6 is 0 Å². The molecule has 2 saturated heterocycles. The third kappa shape index (κ3) is 9.08. The lowest BCUT2D eigenvalue weighted by molar-refractivity contribution is -0.134. The largest absolute Gasteiger partial charge is 0.493 e. The Hall–Kier alpha value is -2.85. The van der Waals surface area contributed by atoms with Crippen LogP contribution in [0.3, 0.4) is 0 Å². The summed E-state index contributed by atoms with van der Waals surface area (Å²) in [7, 11) is 3.26. The molecular formula is C33H52N4O6. The summed E-state index contributed by atoms with van der Waals surface area (Å²) in [6.07, 6.45) is 5.25. The molecule has 3 aliphatic rings. The van der Waals surface area contributed by atoms with Crippen LogP contribution < -0.4 is 14.8 Å². The smallest absolute Gasteiger partial charge is 0.254 e. The summed E-state index contributed by atoms with van der Waals surface area (Å²) < 4.78 is 16.5. The SMILES string of the molecule is COCCCOc1cc(C(=O)N(C[C@@H]2CNC[C@H]2CN(C(=O)CC2CCN(C(C)=O)CC2)C2CC2)C(C)C)ccc1OC. The number of carbonyl (C=O) groups excluding carboxylic acids is 3. The van der Waals surface area contributed by atoms with Crippen LogP contribution in [-0.2, 0) is 14.3 Å². The number of likely N-dealkylation sites (tertiary alicyclic amines) is 1. The second-order valence-electron chi connectivity index (χ2n) is 12.7. The molecule has 240 valence electrons. The molecule has 0 bridgehead atoms. The van der Waals surface area contributed by atoms with Crippen LogP contribution in [0, 0.1) is 17.8 Å². The van der Waals surface area contributed by atoms with Gasteiger partial charge in [-0.3, -0.25) is 14.4 Å². The monoisotopic (exact) mass is 600 g/mol. The fraction of sp³-hybridized carbons (Fsp3) is 0.727. The lowest BCUT2D eigenvalue weighted by Crippen LogP contribution is -2.45. The van der Waals surface area contributed by atoms with Crippen LogP contribution in [0.1, 0.15) is 69.7 Å². The maximum atomic E-state index is 13.8. The van der Waals surface area contributed by atoms with Gasteiger partial charge >= 0.3 is 0 Å². The van der Waals surface area contributed by atoms with Gasteiger partial charge in [0.15, 0.2) is 11.5 Å². The molecule has 0 aromatic heterocycles. The van der Waals surface area contributed by atoms with Crippen LogP contribution in [0.4, 0.5) is 0 Å². The maximum absolute atomic E-state index is 13.8. The zero-order valence-corrected chi connectivity index (χ0v) is 26.8. The lowest BCUT2D eigenvalue weighted by Gasteiger charge is -2.35. The first-order valence-electron chi connectivity index (χ1n) is 16.1. The molecule has 1 aliphatic carbocycles. The van der Waals surface area contributed by atoms with Crippen molar-refractivity contribution in [3.63, 3.8) is 0 Å². The van der Waals surface area contributed by atoms with E-state index in [-0.39, 0.29) is 35.6 Å². The Kier molecular flexibility index (Phi) is 12.1. The van der Waals surface area contributed by atoms with Crippen LogP contribution in [0.15, 0.2) is 18.2 Å². The first-order valence-corrected chi connectivity index (χ1v) is 16.1. The van der Waals surface area contributed by atoms with Crippen molar-refractivity contribution in [2.45, 2.75) is 71.4 Å². The van der Waals surface area contributed by atoms with Crippen molar-refractivity contribution in [2.24, 2.45) is 17.8 Å². The van der Waals surface area contributed by atoms with Crippen molar-refractivity contribution < 1.29 is 28.6 Å². The summed E-state index contributed by atoms with van der Waals surface area (Å²) in [5.74, 6) is 2.38. The van der Waals surface area contributed by atoms with E-state index in [1.807, 2.05) is 9.80 Å². The number of amides is 3. The quantitative estimate of drug-likeness (QED) is 0.308. The highest BCUT2D eigenvalue weighted by molar-refractivity contribution is 5.95. The van der Waals surface area contributed by atoms with Crippen LogP contribution in [0.25, 0.3) is 0 Å². The van der Waals surface area contributed by atoms with Gasteiger partial charge in [0, 0.05) is 90.4 Å². The number of methoxy groups -OCH3 is 2. The summed E-state index contributed by atoms with van der Waals surface area (Å²) in [6.45, 7) is 11.3. The van der Waals surface area contributed by atoms with Gasteiger partial charge in [-0.15, -0.1) is 0 Å². The molecule has 1 N–H and O–H groups in total. The van der Waals surface area contributed by atoms with E-state index < -0.39 is 0 Å². The zero-order valence-electron chi connectivity index (χ0n) is 26.8. The average molecular weight is 601 g/mol. The van der Waals surface area contributed by atoms with Crippen LogP contribution in [0.5, 0.6) is 11.5 Å². The molecule has 43 heavy (non-hydrogen) atoms. The Balaban J connectivity index is 1.38. The molecule has 1 aromatic carbocycles.